The first-order valence-electron chi connectivity index (χ1n) is 6.93. The lowest BCUT2D eigenvalue weighted by atomic mass is 9.97. The third kappa shape index (κ3) is 12.0. The van der Waals surface area contributed by atoms with Crippen molar-refractivity contribution in [2.24, 2.45) is 11.8 Å². The average molecular weight is 312 g/mol. The van der Waals surface area contributed by atoms with Crippen LogP contribution in [-0.4, -0.2) is 36.4 Å². The lowest BCUT2D eigenvalue weighted by Gasteiger charge is -2.15. The summed E-state index contributed by atoms with van der Waals surface area (Å²) < 4.78 is 35.6. The molecule has 0 radical (unpaired) electrons. The van der Waals surface area contributed by atoms with Gasteiger partial charge in [0, 0.05) is 19.5 Å². The van der Waals surface area contributed by atoms with Crippen LogP contribution in [0, 0.1) is 11.8 Å². The standard InChI is InChI=1S/C13H23F3N2O3/c1-9(2)7-10(11(19)20)8-18-12(21)17-6-4-3-5-13(14,15)16/h9-10H,3-8H2,1-2H3,(H,19,20)(H2,17,18,21). The van der Waals surface area contributed by atoms with E-state index in [2.05, 4.69) is 10.6 Å². The average Bonchev–Trinajstić information content (AvgIpc) is 2.31. The third-order valence-electron chi connectivity index (χ3n) is 2.79. The molecule has 3 N–H and O–H groups in total. The van der Waals surface area contributed by atoms with Crippen molar-refractivity contribution in [3.63, 3.8) is 0 Å². The van der Waals surface area contributed by atoms with Crippen LogP contribution in [0.5, 0.6) is 0 Å². The highest BCUT2D eigenvalue weighted by Crippen LogP contribution is 2.21. The molecule has 1 atom stereocenters. The van der Waals surface area contributed by atoms with Gasteiger partial charge in [0.05, 0.1) is 5.92 Å². The zero-order valence-corrected chi connectivity index (χ0v) is 12.3. The molecule has 1 unspecified atom stereocenters. The van der Waals surface area contributed by atoms with Crippen molar-refractivity contribution >= 4 is 12.0 Å². The number of carboxylic acid groups (broad SMARTS) is 1. The number of unbranched alkanes of at least 4 members (excludes halogenated alkanes) is 1. The van der Waals surface area contributed by atoms with E-state index in [1.54, 1.807) is 0 Å². The number of carbonyl (C=O) groups excluding carboxylic acids is 1. The monoisotopic (exact) mass is 312 g/mol. The van der Waals surface area contributed by atoms with E-state index in [1.807, 2.05) is 13.8 Å². The molecular weight excluding hydrogens is 289 g/mol. The van der Waals surface area contributed by atoms with Gasteiger partial charge in [0.25, 0.3) is 0 Å². The fraction of sp³-hybridized carbons (Fsp3) is 0.846. The zero-order valence-electron chi connectivity index (χ0n) is 12.3. The first-order valence-corrected chi connectivity index (χ1v) is 6.93. The molecule has 0 saturated heterocycles. The van der Waals surface area contributed by atoms with E-state index >= 15 is 0 Å². The number of amides is 2. The molecule has 0 aromatic carbocycles. The maximum Gasteiger partial charge on any atom is 0.389 e. The summed E-state index contributed by atoms with van der Waals surface area (Å²) in [6.45, 7) is 3.90. The van der Waals surface area contributed by atoms with E-state index in [0.29, 0.717) is 6.42 Å². The van der Waals surface area contributed by atoms with Gasteiger partial charge in [-0.2, -0.15) is 13.2 Å². The number of nitrogens with one attached hydrogen (secondary N) is 2. The van der Waals surface area contributed by atoms with E-state index in [9.17, 15) is 22.8 Å². The lowest BCUT2D eigenvalue weighted by Crippen LogP contribution is -2.40. The summed E-state index contributed by atoms with van der Waals surface area (Å²) in [6, 6.07) is -0.558. The highest BCUT2D eigenvalue weighted by molar-refractivity contribution is 5.75. The highest BCUT2D eigenvalue weighted by atomic mass is 19.4. The van der Waals surface area contributed by atoms with Gasteiger partial charge in [0.15, 0.2) is 0 Å². The Bertz CT molecular complexity index is 333. The Hall–Kier alpha value is -1.47. The van der Waals surface area contributed by atoms with Crippen LogP contribution in [0.25, 0.3) is 0 Å². The van der Waals surface area contributed by atoms with Gasteiger partial charge < -0.3 is 15.7 Å². The molecule has 21 heavy (non-hydrogen) atoms. The number of carbonyl (C=O) groups is 2. The highest BCUT2D eigenvalue weighted by Gasteiger charge is 2.25. The fourth-order valence-corrected chi connectivity index (χ4v) is 1.77. The van der Waals surface area contributed by atoms with Crippen LogP contribution in [0.2, 0.25) is 0 Å². The van der Waals surface area contributed by atoms with Crippen molar-refractivity contribution in [2.45, 2.75) is 45.7 Å². The SMILES string of the molecule is CC(C)CC(CNC(=O)NCCCCC(F)(F)F)C(=O)O. The molecule has 0 fully saturated rings. The molecule has 0 aromatic rings. The molecule has 0 spiro atoms. The van der Waals surface area contributed by atoms with Crippen LogP contribution >= 0.6 is 0 Å². The summed E-state index contributed by atoms with van der Waals surface area (Å²) in [5, 5.41) is 13.8. The first kappa shape index (κ1) is 19.5. The Kier molecular flexibility index (Phi) is 8.80. The van der Waals surface area contributed by atoms with E-state index < -0.39 is 30.5 Å². The summed E-state index contributed by atoms with van der Waals surface area (Å²) >= 11 is 0. The van der Waals surface area contributed by atoms with E-state index in [0.717, 1.165) is 0 Å². The van der Waals surface area contributed by atoms with Gasteiger partial charge in [-0.05, 0) is 25.2 Å². The molecular formula is C13H23F3N2O3. The van der Waals surface area contributed by atoms with Gasteiger partial charge in [0.2, 0.25) is 0 Å². The minimum atomic E-state index is -4.17. The van der Waals surface area contributed by atoms with Gasteiger partial charge >= 0.3 is 18.2 Å². The smallest absolute Gasteiger partial charge is 0.389 e. The summed E-state index contributed by atoms with van der Waals surface area (Å²) in [5.41, 5.74) is 0. The van der Waals surface area contributed by atoms with E-state index in [-0.39, 0.29) is 31.8 Å². The van der Waals surface area contributed by atoms with Crippen molar-refractivity contribution in [1.82, 2.24) is 10.6 Å². The Morgan fingerprint density at radius 2 is 1.76 bits per heavy atom. The fourth-order valence-electron chi connectivity index (χ4n) is 1.77. The minimum absolute atomic E-state index is 0.00188. The Labute approximate surface area is 122 Å². The second kappa shape index (κ2) is 9.46. The number of carboxylic acids is 1. The van der Waals surface area contributed by atoms with E-state index in [4.69, 9.17) is 5.11 Å². The summed E-state index contributed by atoms with van der Waals surface area (Å²) in [5.74, 6) is -1.45. The lowest BCUT2D eigenvalue weighted by molar-refractivity contribution is -0.142. The minimum Gasteiger partial charge on any atom is -0.481 e. The number of aliphatic carboxylic acids is 1. The Morgan fingerprint density at radius 3 is 2.24 bits per heavy atom. The Balaban J connectivity index is 3.81. The number of rotatable bonds is 9. The molecule has 2 amide bonds. The molecule has 0 aliphatic rings. The number of halogens is 3. The number of hydrogen-bond donors (Lipinski definition) is 3. The zero-order chi connectivity index (χ0) is 16.5. The molecule has 0 aromatic heterocycles. The largest absolute Gasteiger partial charge is 0.481 e. The van der Waals surface area contributed by atoms with Crippen LogP contribution in [0.15, 0.2) is 0 Å². The Morgan fingerprint density at radius 1 is 1.14 bits per heavy atom. The van der Waals surface area contributed by atoms with E-state index in [1.165, 1.54) is 0 Å². The summed E-state index contributed by atoms with van der Waals surface area (Å²) in [4.78, 5) is 22.3. The predicted molar refractivity (Wildman–Crippen MR) is 71.9 cm³/mol. The van der Waals surface area contributed by atoms with Crippen LogP contribution in [0.3, 0.4) is 0 Å². The predicted octanol–water partition coefficient (Wildman–Crippen LogP) is 2.77. The van der Waals surface area contributed by atoms with Gasteiger partial charge in [-0.25, -0.2) is 4.79 Å². The van der Waals surface area contributed by atoms with Crippen LogP contribution in [-0.2, 0) is 4.79 Å². The number of alkyl halides is 3. The molecule has 0 aliphatic heterocycles. The quantitative estimate of drug-likeness (QED) is 0.573. The molecule has 0 heterocycles. The van der Waals surface area contributed by atoms with Gasteiger partial charge in [0.1, 0.15) is 0 Å². The topological polar surface area (TPSA) is 78.4 Å². The van der Waals surface area contributed by atoms with Crippen LogP contribution in [0.1, 0.15) is 39.5 Å². The van der Waals surface area contributed by atoms with Gasteiger partial charge in [-0.15, -0.1) is 0 Å². The van der Waals surface area contributed by atoms with Crippen LogP contribution < -0.4 is 10.6 Å². The van der Waals surface area contributed by atoms with Crippen molar-refractivity contribution in [3.05, 3.63) is 0 Å². The van der Waals surface area contributed by atoms with Crippen molar-refractivity contribution in [1.29, 1.82) is 0 Å². The third-order valence-corrected chi connectivity index (χ3v) is 2.79. The molecule has 124 valence electrons. The molecule has 0 bridgehead atoms. The van der Waals surface area contributed by atoms with Crippen molar-refractivity contribution in [3.8, 4) is 0 Å². The molecule has 5 nitrogen and oxygen atoms in total. The van der Waals surface area contributed by atoms with Gasteiger partial charge in [-0.1, -0.05) is 13.8 Å². The second-order valence-corrected chi connectivity index (χ2v) is 5.37. The summed E-state index contributed by atoms with van der Waals surface area (Å²) in [7, 11) is 0. The summed E-state index contributed by atoms with van der Waals surface area (Å²) in [6.07, 6.45) is -4.42. The number of urea groups is 1. The molecule has 0 aliphatic carbocycles. The van der Waals surface area contributed by atoms with Crippen LogP contribution in [0.4, 0.5) is 18.0 Å². The first-order chi connectivity index (χ1) is 9.61. The van der Waals surface area contributed by atoms with Crippen molar-refractivity contribution < 1.29 is 27.9 Å². The maximum absolute atomic E-state index is 11.9. The van der Waals surface area contributed by atoms with Gasteiger partial charge in [-0.3, -0.25) is 4.79 Å². The molecule has 0 saturated carbocycles. The molecule has 0 rings (SSSR count). The number of hydrogen-bond acceptors (Lipinski definition) is 2. The van der Waals surface area contributed by atoms with Crippen molar-refractivity contribution in [2.75, 3.05) is 13.1 Å². The normalized spacial score (nSPS) is 13.0. The molecule has 8 heteroatoms. The second-order valence-electron chi connectivity index (χ2n) is 5.37. The maximum atomic E-state index is 11.9.